The van der Waals surface area contributed by atoms with E-state index in [1.807, 2.05) is 0 Å². The summed E-state index contributed by atoms with van der Waals surface area (Å²) in [5, 5.41) is 0. The zero-order chi connectivity index (χ0) is 9.14. The fraction of sp³-hybridized carbons (Fsp3) is 0.571. The lowest BCUT2D eigenvalue weighted by Gasteiger charge is -2.33. The van der Waals surface area contributed by atoms with Gasteiger partial charge in [0.2, 0.25) is 0 Å². The van der Waals surface area contributed by atoms with E-state index in [0.29, 0.717) is 6.54 Å². The van der Waals surface area contributed by atoms with Crippen LogP contribution in [0.1, 0.15) is 6.92 Å². The quantitative estimate of drug-likeness (QED) is 0.246. The zero-order valence-corrected chi connectivity index (χ0v) is 6.98. The second kappa shape index (κ2) is 3.34. The maximum atomic E-state index is 11.0. The van der Waals surface area contributed by atoms with Gasteiger partial charge < -0.3 is 4.74 Å². The Morgan fingerprint density at radius 1 is 1.58 bits per heavy atom. The summed E-state index contributed by atoms with van der Waals surface area (Å²) < 4.78 is 4.75. The summed E-state index contributed by atoms with van der Waals surface area (Å²) >= 11 is 0. The average Bonchev–Trinajstić information content (AvgIpc) is 2.06. The molecule has 5 heteroatoms. The first-order valence-corrected chi connectivity index (χ1v) is 3.63. The van der Waals surface area contributed by atoms with E-state index in [9.17, 15) is 9.59 Å². The third-order valence-corrected chi connectivity index (χ3v) is 1.60. The van der Waals surface area contributed by atoms with E-state index in [2.05, 4.69) is 4.99 Å². The molecule has 1 saturated heterocycles. The molecule has 0 saturated carbocycles. The topological polar surface area (TPSA) is 59.0 Å². The van der Waals surface area contributed by atoms with E-state index in [0.717, 1.165) is 11.3 Å². The summed E-state index contributed by atoms with van der Waals surface area (Å²) in [7, 11) is 1.51. The number of hydrogen-bond donors (Lipinski definition) is 0. The number of carbonyl (C=O) groups is 2. The lowest BCUT2D eigenvalue weighted by atomic mass is 10.1. The molecule has 12 heavy (non-hydrogen) atoms. The molecule has 0 bridgehead atoms. The van der Waals surface area contributed by atoms with Crippen LogP contribution in [-0.2, 0) is 14.3 Å². The molecule has 0 aliphatic carbocycles. The number of ether oxygens (including phenoxy) is 1. The van der Waals surface area contributed by atoms with E-state index in [1.54, 1.807) is 6.92 Å². The summed E-state index contributed by atoms with van der Waals surface area (Å²) in [4.78, 5) is 26.7. The normalized spacial score (nSPS) is 18.7. The second-order valence-electron chi connectivity index (χ2n) is 2.30. The summed E-state index contributed by atoms with van der Waals surface area (Å²) in [5.74, 6) is -0.579. The highest BCUT2D eigenvalue weighted by Gasteiger charge is 2.47. The molecule has 1 rings (SSSR count). The molecule has 1 heterocycles. The number of β-lactam (4-membered cyclic amide) rings is 2. The van der Waals surface area contributed by atoms with E-state index >= 15 is 0 Å². The minimum atomic E-state index is -0.950. The molecular weight excluding hydrogens is 160 g/mol. The highest BCUT2D eigenvalue weighted by molar-refractivity contribution is 6.20. The Bertz CT molecular complexity index is 221. The molecule has 0 aromatic heterocycles. The summed E-state index contributed by atoms with van der Waals surface area (Å²) in [6.07, 6.45) is 0.154. The van der Waals surface area contributed by atoms with Crippen molar-refractivity contribution in [3.63, 3.8) is 0 Å². The van der Waals surface area contributed by atoms with Gasteiger partial charge in [0.25, 0.3) is 17.9 Å². The fourth-order valence-electron chi connectivity index (χ4n) is 0.981. The van der Waals surface area contributed by atoms with Crippen LogP contribution in [0.2, 0.25) is 0 Å². The molecule has 2 amide bonds. The minimum Gasteiger partial charge on any atom is -0.460 e. The van der Waals surface area contributed by atoms with Crippen molar-refractivity contribution in [3.8, 4) is 0 Å². The van der Waals surface area contributed by atoms with E-state index < -0.39 is 6.10 Å². The first kappa shape index (κ1) is 8.70. The number of rotatable bonds is 3. The number of amides is 2. The maximum absolute atomic E-state index is 11.0. The van der Waals surface area contributed by atoms with Crippen LogP contribution in [0.3, 0.4) is 0 Å². The minimum absolute atomic E-state index is 0.289. The van der Waals surface area contributed by atoms with Gasteiger partial charge in [0, 0.05) is 13.6 Å². The Balaban J connectivity index is 2.50. The Hall–Kier alpha value is -1.39. The highest BCUT2D eigenvalue weighted by Crippen LogP contribution is 2.14. The van der Waals surface area contributed by atoms with Crippen molar-refractivity contribution in [1.29, 1.82) is 0 Å². The number of imide groups is 1. The van der Waals surface area contributed by atoms with Crippen LogP contribution in [0.5, 0.6) is 0 Å². The Morgan fingerprint density at radius 3 is 2.58 bits per heavy atom. The molecule has 0 aromatic carbocycles. The molecule has 0 N–H and O–H groups in total. The predicted molar refractivity (Wildman–Crippen MR) is 41.7 cm³/mol. The first-order valence-electron chi connectivity index (χ1n) is 3.63. The Labute approximate surface area is 70.0 Å². The Kier molecular flexibility index (Phi) is 2.42. The Morgan fingerprint density at radius 2 is 2.17 bits per heavy atom. The number of hydrogen-bond acceptors (Lipinski definition) is 4. The fourth-order valence-corrected chi connectivity index (χ4v) is 0.981. The molecule has 5 nitrogen and oxygen atoms in total. The standard InChI is InChI=1S/C7H10N2O3/c1-3-9-6(10)5(7(9)11)12-4-8-2/h4-5H,3H2,1-2H3/b8-4-. The van der Waals surface area contributed by atoms with E-state index in [4.69, 9.17) is 4.74 Å². The lowest BCUT2D eigenvalue weighted by molar-refractivity contribution is -0.170. The first-order chi connectivity index (χ1) is 5.72. The smallest absolute Gasteiger partial charge is 0.280 e. The van der Waals surface area contributed by atoms with Gasteiger partial charge in [0.15, 0.2) is 6.40 Å². The summed E-state index contributed by atoms with van der Waals surface area (Å²) in [6, 6.07) is 0. The largest absolute Gasteiger partial charge is 0.460 e. The molecule has 1 aliphatic heterocycles. The zero-order valence-electron chi connectivity index (χ0n) is 6.98. The van der Waals surface area contributed by atoms with E-state index in [1.165, 1.54) is 7.05 Å². The number of likely N-dealkylation sites (tertiary alicyclic amines) is 1. The van der Waals surface area contributed by atoms with Gasteiger partial charge in [-0.1, -0.05) is 0 Å². The van der Waals surface area contributed by atoms with Gasteiger partial charge in [-0.25, -0.2) is 0 Å². The number of carbonyl (C=O) groups excluding carboxylic acids is 2. The molecule has 0 aromatic rings. The van der Waals surface area contributed by atoms with E-state index in [-0.39, 0.29) is 11.8 Å². The van der Waals surface area contributed by atoms with Gasteiger partial charge in [-0.3, -0.25) is 19.5 Å². The van der Waals surface area contributed by atoms with Gasteiger partial charge >= 0.3 is 0 Å². The van der Waals surface area contributed by atoms with Gasteiger partial charge in [0.05, 0.1) is 0 Å². The molecular formula is C7H10N2O3. The van der Waals surface area contributed by atoms with Crippen molar-refractivity contribution in [2.75, 3.05) is 13.6 Å². The number of aliphatic imine (C=N–C) groups is 1. The lowest BCUT2D eigenvalue weighted by Crippen LogP contribution is -2.62. The summed E-state index contributed by atoms with van der Waals surface area (Å²) in [6.45, 7) is 2.14. The van der Waals surface area contributed by atoms with Gasteiger partial charge in [-0.05, 0) is 6.92 Å². The third kappa shape index (κ3) is 1.17. The monoisotopic (exact) mass is 170 g/mol. The molecule has 0 unspecified atom stereocenters. The number of likely N-dealkylation sites (N-methyl/N-ethyl adjacent to an activating group) is 1. The molecule has 1 fully saturated rings. The van der Waals surface area contributed by atoms with Crippen molar-refractivity contribution in [3.05, 3.63) is 0 Å². The van der Waals surface area contributed by atoms with Gasteiger partial charge in [0.1, 0.15) is 0 Å². The van der Waals surface area contributed by atoms with Crippen LogP contribution in [0.15, 0.2) is 4.99 Å². The van der Waals surface area contributed by atoms with Crippen molar-refractivity contribution in [2.45, 2.75) is 13.0 Å². The number of nitrogens with zero attached hydrogens (tertiary/aromatic N) is 2. The second-order valence-corrected chi connectivity index (χ2v) is 2.30. The molecule has 0 radical (unpaired) electrons. The third-order valence-electron chi connectivity index (χ3n) is 1.60. The van der Waals surface area contributed by atoms with Crippen LogP contribution >= 0.6 is 0 Å². The maximum Gasteiger partial charge on any atom is 0.280 e. The molecule has 0 atom stereocenters. The van der Waals surface area contributed by atoms with Crippen molar-refractivity contribution in [2.24, 2.45) is 4.99 Å². The SMILES string of the molecule is CCN1C(=O)C(O/C=N\C)C1=O. The van der Waals surface area contributed by atoms with Crippen molar-refractivity contribution in [1.82, 2.24) is 4.90 Å². The van der Waals surface area contributed by atoms with Crippen LogP contribution in [0.25, 0.3) is 0 Å². The van der Waals surface area contributed by atoms with Crippen LogP contribution < -0.4 is 0 Å². The average molecular weight is 170 g/mol. The predicted octanol–water partition coefficient (Wildman–Crippen LogP) is -0.582. The summed E-state index contributed by atoms with van der Waals surface area (Å²) in [5.41, 5.74) is 0. The molecule has 1 aliphatic rings. The van der Waals surface area contributed by atoms with Crippen LogP contribution in [-0.4, -0.2) is 42.8 Å². The van der Waals surface area contributed by atoms with Gasteiger partial charge in [-0.2, -0.15) is 0 Å². The van der Waals surface area contributed by atoms with Gasteiger partial charge in [-0.15, -0.1) is 0 Å². The molecule has 66 valence electrons. The van der Waals surface area contributed by atoms with Crippen molar-refractivity contribution < 1.29 is 14.3 Å². The highest BCUT2D eigenvalue weighted by atomic mass is 16.5. The van der Waals surface area contributed by atoms with Crippen LogP contribution in [0, 0.1) is 0 Å². The van der Waals surface area contributed by atoms with Crippen LogP contribution in [0.4, 0.5) is 0 Å². The van der Waals surface area contributed by atoms with Crippen molar-refractivity contribution >= 4 is 18.2 Å². The molecule has 0 spiro atoms.